The number of amides is 1. The molecule has 3 aromatic carbocycles. The Kier molecular flexibility index (Phi) is 6.90. The third-order valence-corrected chi connectivity index (χ3v) is 6.36. The van der Waals surface area contributed by atoms with Crippen LogP contribution in [0.25, 0.3) is 0 Å². The minimum absolute atomic E-state index is 0.112. The molecule has 0 aliphatic rings. The summed E-state index contributed by atoms with van der Waals surface area (Å²) in [6.45, 7) is 4.35. The molecule has 6 heteroatoms. The molecule has 30 heavy (non-hydrogen) atoms. The first kappa shape index (κ1) is 21.6. The predicted octanol–water partition coefficient (Wildman–Crippen LogP) is 4.55. The number of hydrogen-bond donors (Lipinski definition) is 1. The fraction of sp³-hybridized carbons (Fsp3) is 0.208. The van der Waals surface area contributed by atoms with Crippen molar-refractivity contribution in [3.63, 3.8) is 0 Å². The van der Waals surface area contributed by atoms with Gasteiger partial charge in [0.2, 0.25) is 0 Å². The number of rotatable bonds is 8. The van der Waals surface area contributed by atoms with Crippen LogP contribution in [0.3, 0.4) is 0 Å². The van der Waals surface area contributed by atoms with E-state index in [1.165, 1.54) is 12.1 Å². The van der Waals surface area contributed by atoms with E-state index >= 15 is 0 Å². The maximum Gasteiger partial charge on any atom is 0.251 e. The van der Waals surface area contributed by atoms with Gasteiger partial charge in [-0.25, -0.2) is 8.42 Å². The lowest BCUT2D eigenvalue weighted by Crippen LogP contribution is -2.26. The van der Waals surface area contributed by atoms with E-state index in [0.717, 1.165) is 11.3 Å². The summed E-state index contributed by atoms with van der Waals surface area (Å²) in [6, 6.07) is 22.4. The second kappa shape index (κ2) is 9.59. The van der Waals surface area contributed by atoms with Crippen LogP contribution in [0.4, 0.5) is 0 Å². The van der Waals surface area contributed by atoms with E-state index in [9.17, 15) is 13.2 Å². The number of carbonyl (C=O) groups is 1. The molecule has 1 atom stereocenters. The van der Waals surface area contributed by atoms with Gasteiger partial charge in [-0.3, -0.25) is 4.79 Å². The van der Waals surface area contributed by atoms with E-state index in [4.69, 9.17) is 4.74 Å². The van der Waals surface area contributed by atoms with Crippen molar-refractivity contribution < 1.29 is 17.9 Å². The lowest BCUT2D eigenvalue weighted by molar-refractivity contribution is 0.0939. The highest BCUT2D eigenvalue weighted by Crippen LogP contribution is 2.21. The van der Waals surface area contributed by atoms with Crippen LogP contribution >= 0.6 is 0 Å². The number of sulfone groups is 1. The van der Waals surface area contributed by atoms with Gasteiger partial charge in [0, 0.05) is 5.56 Å². The van der Waals surface area contributed by atoms with Gasteiger partial charge in [-0.2, -0.15) is 0 Å². The highest BCUT2D eigenvalue weighted by molar-refractivity contribution is 7.90. The minimum Gasteiger partial charge on any atom is -0.494 e. The maximum atomic E-state index is 12.8. The highest BCUT2D eigenvalue weighted by atomic mass is 32.2. The molecule has 0 spiro atoms. The Morgan fingerprint density at radius 2 is 1.70 bits per heavy atom. The van der Waals surface area contributed by atoms with Crippen LogP contribution in [0, 0.1) is 0 Å². The van der Waals surface area contributed by atoms with Crippen LogP contribution < -0.4 is 10.1 Å². The zero-order chi connectivity index (χ0) is 21.6. The Hall–Kier alpha value is -3.12. The highest BCUT2D eigenvalue weighted by Gasteiger charge is 2.18. The van der Waals surface area contributed by atoms with Gasteiger partial charge in [0.05, 0.1) is 23.3 Å². The minimum atomic E-state index is -3.56. The molecule has 0 aliphatic heterocycles. The van der Waals surface area contributed by atoms with Gasteiger partial charge in [0.15, 0.2) is 9.84 Å². The lowest BCUT2D eigenvalue weighted by Gasteiger charge is -2.16. The summed E-state index contributed by atoms with van der Waals surface area (Å²) in [4.78, 5) is 12.9. The van der Waals surface area contributed by atoms with Gasteiger partial charge in [-0.15, -0.1) is 0 Å². The van der Waals surface area contributed by atoms with E-state index in [1.54, 1.807) is 36.4 Å². The quantitative estimate of drug-likeness (QED) is 0.577. The van der Waals surface area contributed by atoms with E-state index in [1.807, 2.05) is 44.2 Å². The second-order valence-corrected chi connectivity index (χ2v) is 8.96. The molecule has 3 aromatic rings. The lowest BCUT2D eigenvalue weighted by atomic mass is 10.1. The van der Waals surface area contributed by atoms with Gasteiger partial charge in [0.25, 0.3) is 5.91 Å². The molecule has 1 unspecified atom stereocenters. The third kappa shape index (κ3) is 5.48. The summed E-state index contributed by atoms with van der Waals surface area (Å²) in [5.41, 5.74) is 1.91. The van der Waals surface area contributed by atoms with E-state index in [-0.39, 0.29) is 22.6 Å². The number of ether oxygens (including phenoxy) is 1. The summed E-state index contributed by atoms with van der Waals surface area (Å²) < 4.78 is 31.1. The van der Waals surface area contributed by atoms with Crippen molar-refractivity contribution in [2.45, 2.75) is 30.5 Å². The van der Waals surface area contributed by atoms with Crippen molar-refractivity contribution >= 4 is 15.7 Å². The number of benzene rings is 3. The molecule has 0 radical (unpaired) electrons. The van der Waals surface area contributed by atoms with Crippen LogP contribution in [0.1, 0.15) is 41.4 Å². The van der Waals surface area contributed by atoms with Crippen LogP contribution in [-0.4, -0.2) is 20.9 Å². The Balaban J connectivity index is 1.75. The Morgan fingerprint density at radius 1 is 0.967 bits per heavy atom. The van der Waals surface area contributed by atoms with Gasteiger partial charge >= 0.3 is 0 Å². The van der Waals surface area contributed by atoms with Gasteiger partial charge in [-0.05, 0) is 55.3 Å². The summed E-state index contributed by atoms with van der Waals surface area (Å²) in [6.07, 6.45) is 0. The van der Waals surface area contributed by atoms with Crippen LogP contribution in [0.5, 0.6) is 5.75 Å². The van der Waals surface area contributed by atoms with Crippen molar-refractivity contribution in [2.24, 2.45) is 0 Å². The zero-order valence-electron chi connectivity index (χ0n) is 17.0. The number of nitrogens with one attached hydrogen (secondary N) is 1. The molecule has 0 saturated carbocycles. The molecule has 1 N–H and O–H groups in total. The van der Waals surface area contributed by atoms with Crippen molar-refractivity contribution in [1.82, 2.24) is 5.32 Å². The largest absolute Gasteiger partial charge is 0.494 e. The van der Waals surface area contributed by atoms with E-state index in [0.29, 0.717) is 17.7 Å². The van der Waals surface area contributed by atoms with Crippen LogP contribution in [0.15, 0.2) is 83.8 Å². The summed E-state index contributed by atoms with van der Waals surface area (Å²) in [7, 11) is -3.56. The first-order valence-electron chi connectivity index (χ1n) is 9.79. The SMILES string of the molecule is CCOc1cccc(C(C)NC(=O)c2cccc(S(=O)(=O)Cc3ccccc3)c2)c1. The second-order valence-electron chi connectivity index (χ2n) is 6.97. The summed E-state index contributed by atoms with van der Waals surface area (Å²) in [5, 5.41) is 2.92. The molecule has 0 aromatic heterocycles. The molecule has 0 saturated heterocycles. The zero-order valence-corrected chi connectivity index (χ0v) is 17.9. The van der Waals surface area contributed by atoms with Gasteiger partial charge < -0.3 is 10.1 Å². The van der Waals surface area contributed by atoms with Crippen molar-refractivity contribution in [1.29, 1.82) is 0 Å². The molecular weight excluding hydrogens is 398 g/mol. The first-order chi connectivity index (χ1) is 14.4. The summed E-state index contributed by atoms with van der Waals surface area (Å²) in [5.74, 6) is 0.297. The molecule has 5 nitrogen and oxygen atoms in total. The summed E-state index contributed by atoms with van der Waals surface area (Å²) >= 11 is 0. The number of hydrogen-bond acceptors (Lipinski definition) is 4. The molecule has 3 rings (SSSR count). The fourth-order valence-corrected chi connectivity index (χ4v) is 4.50. The molecule has 0 fully saturated rings. The third-order valence-electron chi connectivity index (χ3n) is 4.67. The number of carbonyl (C=O) groups excluding carboxylic acids is 1. The van der Waals surface area contributed by atoms with Gasteiger partial charge in [0.1, 0.15) is 5.75 Å². The molecule has 0 heterocycles. The molecule has 0 aliphatic carbocycles. The predicted molar refractivity (Wildman–Crippen MR) is 117 cm³/mol. The van der Waals surface area contributed by atoms with Crippen molar-refractivity contribution in [2.75, 3.05) is 6.61 Å². The normalized spacial score (nSPS) is 12.2. The average Bonchev–Trinajstić information content (AvgIpc) is 2.74. The average molecular weight is 424 g/mol. The first-order valence-corrected chi connectivity index (χ1v) is 11.4. The van der Waals surface area contributed by atoms with Crippen molar-refractivity contribution in [3.05, 3.63) is 95.6 Å². The van der Waals surface area contributed by atoms with E-state index in [2.05, 4.69) is 5.32 Å². The topological polar surface area (TPSA) is 72.5 Å². The van der Waals surface area contributed by atoms with Crippen LogP contribution in [-0.2, 0) is 15.6 Å². The fourth-order valence-electron chi connectivity index (χ4n) is 3.11. The van der Waals surface area contributed by atoms with Gasteiger partial charge in [-0.1, -0.05) is 48.5 Å². The monoisotopic (exact) mass is 423 g/mol. The Morgan fingerprint density at radius 3 is 2.43 bits per heavy atom. The Bertz CT molecular complexity index is 1110. The maximum absolute atomic E-state index is 12.8. The molecular formula is C24H25NO4S. The standard InChI is InChI=1S/C24H25NO4S/c1-3-29-22-13-7-11-20(15-22)18(2)25-24(26)21-12-8-14-23(16-21)30(27,28)17-19-9-5-4-6-10-19/h4-16,18H,3,17H2,1-2H3,(H,25,26). The molecule has 156 valence electrons. The van der Waals surface area contributed by atoms with E-state index < -0.39 is 9.84 Å². The molecule has 1 amide bonds. The van der Waals surface area contributed by atoms with Crippen molar-refractivity contribution in [3.8, 4) is 5.75 Å². The van der Waals surface area contributed by atoms with Crippen LogP contribution in [0.2, 0.25) is 0 Å². The molecule has 0 bridgehead atoms. The smallest absolute Gasteiger partial charge is 0.251 e. The Labute approximate surface area is 177 Å².